The normalized spacial score (nSPS) is 30.5. The van der Waals surface area contributed by atoms with Gasteiger partial charge in [0.15, 0.2) is 17.5 Å². The quantitative estimate of drug-likeness (QED) is 0.0734. The van der Waals surface area contributed by atoms with E-state index >= 15 is 0 Å². The zero-order chi connectivity index (χ0) is 52.2. The molecule has 8 N–H and O–H groups in total. The van der Waals surface area contributed by atoms with E-state index in [0.29, 0.717) is 0 Å². The lowest BCUT2D eigenvalue weighted by atomic mass is 9.82. The fourth-order valence-electron chi connectivity index (χ4n) is 7.90. The largest absolute Gasteiger partial charge is 0.444 e. The van der Waals surface area contributed by atoms with Gasteiger partial charge in [0.25, 0.3) is 5.69 Å². The molecule has 2 heterocycles. The maximum absolute atomic E-state index is 13.4. The molecule has 4 rings (SSSR count). The summed E-state index contributed by atoms with van der Waals surface area (Å²) >= 11 is 0. The summed E-state index contributed by atoms with van der Waals surface area (Å²) < 4.78 is 70.4. The van der Waals surface area contributed by atoms with Crippen LogP contribution in [0.2, 0.25) is 0 Å². The maximum Gasteiger partial charge on any atom is 0.410 e. The summed E-state index contributed by atoms with van der Waals surface area (Å²) in [4.78, 5) is 64.1. The molecule has 0 bridgehead atoms. The van der Waals surface area contributed by atoms with Crippen molar-refractivity contribution in [1.29, 1.82) is 0 Å². The van der Waals surface area contributed by atoms with Gasteiger partial charge in [0.05, 0.1) is 41.8 Å². The van der Waals surface area contributed by atoms with Crippen LogP contribution < -0.4 is 20.7 Å². The Balaban J connectivity index is 1.76. The van der Waals surface area contributed by atoms with Gasteiger partial charge in [-0.05, 0) is 101 Å². The lowest BCUT2D eigenvalue weighted by Gasteiger charge is -2.51. The molecule has 0 unspecified atom stereocenters. The summed E-state index contributed by atoms with van der Waals surface area (Å²) in [5.74, 6) is -1.05. The number of nitro groups is 1. The summed E-state index contributed by atoms with van der Waals surface area (Å²) in [7, 11) is -3.23. The van der Waals surface area contributed by atoms with Crippen molar-refractivity contribution < 1.29 is 86.1 Å². The van der Waals surface area contributed by atoms with Crippen molar-refractivity contribution >= 4 is 39.9 Å². The average Bonchev–Trinajstić information content (AvgIpc) is 3.19. The molecule has 1 aromatic rings. The Labute approximate surface area is 401 Å². The van der Waals surface area contributed by atoms with E-state index in [0.717, 1.165) is 17.0 Å². The van der Waals surface area contributed by atoms with Gasteiger partial charge in [0, 0.05) is 19.7 Å². The van der Waals surface area contributed by atoms with Crippen molar-refractivity contribution in [2.45, 2.75) is 189 Å². The highest BCUT2D eigenvalue weighted by Crippen LogP contribution is 2.35. The van der Waals surface area contributed by atoms with Gasteiger partial charge in [-0.15, -0.1) is 0 Å². The number of aliphatic hydroxyl groups excluding tert-OH is 3. The molecule has 2 aliphatic heterocycles. The number of hydrogen-bond acceptors (Lipinski definition) is 19. The zero-order valence-corrected chi connectivity index (χ0v) is 41.5. The van der Waals surface area contributed by atoms with Crippen LogP contribution in [0.25, 0.3) is 0 Å². The number of sulfonamides is 1. The highest BCUT2D eigenvalue weighted by molar-refractivity contribution is 7.89. The van der Waals surface area contributed by atoms with E-state index in [4.69, 9.17) is 33.2 Å². The number of para-hydroxylation sites is 1. The van der Waals surface area contributed by atoms with Crippen molar-refractivity contribution in [3.63, 3.8) is 0 Å². The van der Waals surface area contributed by atoms with Gasteiger partial charge >= 0.3 is 18.3 Å². The minimum atomic E-state index is -4.51. The van der Waals surface area contributed by atoms with Crippen LogP contribution in [-0.2, 0) is 48.0 Å². The number of carbonyl (C=O) groups excluding carboxylic acids is 4. The number of rotatable bonds is 14. The van der Waals surface area contributed by atoms with Gasteiger partial charge in [-0.25, -0.2) is 27.5 Å². The molecule has 4 amide bonds. The van der Waals surface area contributed by atoms with Crippen LogP contribution in [0.3, 0.4) is 0 Å². The van der Waals surface area contributed by atoms with Gasteiger partial charge in [0.2, 0.25) is 15.9 Å². The third kappa shape index (κ3) is 16.0. The number of amides is 4. The second-order valence-corrected chi connectivity index (χ2v) is 22.1. The molecule has 13 atom stereocenters. The van der Waals surface area contributed by atoms with Crippen LogP contribution in [0, 0.1) is 17.0 Å². The molecule has 3 aliphatic rings. The van der Waals surface area contributed by atoms with Crippen LogP contribution in [0.5, 0.6) is 0 Å². The van der Waals surface area contributed by atoms with Crippen molar-refractivity contribution in [1.82, 2.24) is 25.6 Å². The molecule has 2 saturated heterocycles. The number of hydrogen-bond donors (Lipinski definition) is 8. The van der Waals surface area contributed by atoms with Crippen LogP contribution in [0.1, 0.15) is 88.5 Å². The minimum Gasteiger partial charge on any atom is -0.444 e. The molecule has 26 heteroatoms. The molecule has 391 valence electrons. The number of carbonyl (C=O) groups is 4. The number of ether oxygens (including phenoxy) is 7. The fourth-order valence-corrected chi connectivity index (χ4v) is 9.13. The standard InChI is InChI=1S/C43H69N6O19S/c1-22(50)34(53)45-25-19-26(47-38(55)67-41(5,6)7)32(29(51)31(25)65-36-30(52)33(43(11,57)21-62-36)48(12)39(56)68-42(8,9)10)64-35-24(46-37(54)66-40(2,3)4)18-17-23(63-35)20-44-69(60,61)28-16-14-13-15-27(28)49(58)59/h13-16,22-26,29-33,35-36,44,50-52,57H,1,17-21H2,2-12H3,(H,45,53)(H,46,54)(H,47,55)/t22-,23-,24+,25+,26-,29+,30+,31-,32+,33+,35+,36+,43-/m0/s1. The van der Waals surface area contributed by atoms with E-state index < -0.39 is 159 Å². The predicted molar refractivity (Wildman–Crippen MR) is 240 cm³/mol. The molecule has 25 nitrogen and oxygen atoms in total. The van der Waals surface area contributed by atoms with E-state index in [9.17, 15) is 58.1 Å². The summed E-state index contributed by atoms with van der Waals surface area (Å²) in [5, 5.41) is 65.2. The molecule has 1 saturated carbocycles. The number of nitro benzene ring substituents is 1. The second-order valence-electron chi connectivity index (χ2n) is 20.4. The molecule has 1 radical (unpaired) electrons. The monoisotopic (exact) mass is 1010 g/mol. The van der Waals surface area contributed by atoms with Gasteiger partial charge in [-0.2, -0.15) is 0 Å². The van der Waals surface area contributed by atoms with E-state index in [1.54, 1.807) is 62.3 Å². The Morgan fingerprint density at radius 1 is 0.870 bits per heavy atom. The average molecular weight is 1010 g/mol. The number of alkyl carbamates (subject to hydrolysis) is 2. The topological polar surface area (TPSA) is 342 Å². The molecule has 3 fully saturated rings. The summed E-state index contributed by atoms with van der Waals surface area (Å²) in [6.07, 6.45) is -16.5. The summed E-state index contributed by atoms with van der Waals surface area (Å²) in [5.41, 5.74) is -5.55. The molecule has 0 aromatic heterocycles. The van der Waals surface area contributed by atoms with Crippen molar-refractivity contribution in [2.75, 3.05) is 20.2 Å². The van der Waals surface area contributed by atoms with Crippen molar-refractivity contribution in [3.05, 3.63) is 41.3 Å². The van der Waals surface area contributed by atoms with Gasteiger partial charge in [0.1, 0.15) is 52.9 Å². The lowest BCUT2D eigenvalue weighted by molar-refractivity contribution is -0.387. The lowest BCUT2D eigenvalue weighted by Crippen LogP contribution is -2.71. The van der Waals surface area contributed by atoms with Gasteiger partial charge in [-0.1, -0.05) is 12.1 Å². The Kier molecular flexibility index (Phi) is 18.4. The number of aliphatic hydroxyl groups is 4. The summed E-state index contributed by atoms with van der Waals surface area (Å²) in [6.45, 7) is 18.1. The first-order valence-electron chi connectivity index (χ1n) is 22.2. The third-order valence-corrected chi connectivity index (χ3v) is 12.2. The zero-order valence-electron chi connectivity index (χ0n) is 40.7. The molecular weight excluding hydrogens is 937 g/mol. The van der Waals surface area contributed by atoms with E-state index in [-0.39, 0.29) is 19.3 Å². The molecule has 0 spiro atoms. The van der Waals surface area contributed by atoms with Gasteiger partial charge in [-0.3, -0.25) is 14.9 Å². The van der Waals surface area contributed by atoms with Crippen LogP contribution in [0.15, 0.2) is 29.2 Å². The number of nitrogens with one attached hydrogen (secondary N) is 4. The first kappa shape index (κ1) is 57.1. The van der Waals surface area contributed by atoms with Crippen LogP contribution in [-0.4, -0.2) is 179 Å². The third-order valence-electron chi connectivity index (χ3n) is 10.8. The Morgan fingerprint density at radius 2 is 1.39 bits per heavy atom. The minimum absolute atomic E-state index is 0.0311. The Morgan fingerprint density at radius 3 is 1.93 bits per heavy atom. The molecule has 1 aromatic carbocycles. The number of likely N-dealkylation sites (N-methyl/N-ethyl adjacent to an activating group) is 1. The van der Waals surface area contributed by atoms with Crippen LogP contribution >= 0.6 is 0 Å². The highest BCUT2D eigenvalue weighted by Gasteiger charge is 2.55. The summed E-state index contributed by atoms with van der Waals surface area (Å²) in [6, 6.07) is -0.545. The van der Waals surface area contributed by atoms with E-state index in [1.807, 2.05) is 0 Å². The first-order chi connectivity index (χ1) is 31.6. The fraction of sp³-hybridized carbons (Fsp3) is 0.744. The van der Waals surface area contributed by atoms with Crippen LogP contribution in [0.4, 0.5) is 20.1 Å². The van der Waals surface area contributed by atoms with E-state index in [1.165, 1.54) is 26.1 Å². The Hall–Kier alpha value is -4.51. The number of nitrogens with zero attached hydrogens (tertiary/aromatic N) is 2. The molecule has 69 heavy (non-hydrogen) atoms. The Bertz CT molecular complexity index is 2090. The van der Waals surface area contributed by atoms with Crippen molar-refractivity contribution in [2.24, 2.45) is 0 Å². The second kappa shape index (κ2) is 22.3. The van der Waals surface area contributed by atoms with E-state index in [2.05, 4.69) is 27.6 Å². The molecular formula is C43H69N6O19S. The number of benzene rings is 1. The maximum atomic E-state index is 13.4. The smallest absolute Gasteiger partial charge is 0.410 e. The first-order valence-corrected chi connectivity index (χ1v) is 23.7. The van der Waals surface area contributed by atoms with Crippen molar-refractivity contribution in [3.8, 4) is 0 Å². The van der Waals surface area contributed by atoms with Gasteiger partial charge < -0.3 is 74.4 Å². The SMILES string of the molecule is [CH2][C@H](O)C(=O)N[C@@H]1C[C@H](NC(=O)OC(C)(C)C)[C@@H](O[C@H]2O[C@H](CNS(=O)(=O)c3ccccc3[N+](=O)[O-])CC[C@H]2NC(=O)OC(C)(C)C)[C@H](O)[C@H]1O[C@H]1OC[C@](C)(O)[C@H](N(C)C(=O)OC(C)(C)C)[C@H]1O. The predicted octanol–water partition coefficient (Wildman–Crippen LogP) is 1.08. The highest BCUT2D eigenvalue weighted by atomic mass is 32.2. The molecule has 1 aliphatic carbocycles.